The lowest BCUT2D eigenvalue weighted by Crippen LogP contribution is -2.15. The van der Waals surface area contributed by atoms with Crippen molar-refractivity contribution in [3.63, 3.8) is 0 Å². The molecule has 0 saturated carbocycles. The molecule has 0 saturated heterocycles. The number of hydrogen-bond acceptors (Lipinski definition) is 7. The molecule has 4 rings (SSSR count). The number of rotatable bonds is 5. The van der Waals surface area contributed by atoms with E-state index in [2.05, 4.69) is 15.5 Å². The largest absolute Gasteiger partial charge is 0.486 e. The molecule has 8 nitrogen and oxygen atoms in total. The Balaban J connectivity index is 1.51. The van der Waals surface area contributed by atoms with Crippen LogP contribution in [-0.4, -0.2) is 45.1 Å². The van der Waals surface area contributed by atoms with Crippen molar-refractivity contribution in [2.75, 3.05) is 19.8 Å². The van der Waals surface area contributed by atoms with Gasteiger partial charge >= 0.3 is 0 Å². The third-order valence-corrected chi connectivity index (χ3v) is 3.66. The van der Waals surface area contributed by atoms with Crippen molar-refractivity contribution in [1.29, 1.82) is 0 Å². The summed E-state index contributed by atoms with van der Waals surface area (Å²) in [5.74, 6) is 2.10. The van der Waals surface area contributed by atoms with Gasteiger partial charge < -0.3 is 19.1 Å². The summed E-state index contributed by atoms with van der Waals surface area (Å²) in [6.45, 7) is 1.61. The fourth-order valence-electron chi connectivity index (χ4n) is 2.53. The number of aliphatic hydroxyl groups is 1. The fourth-order valence-corrected chi connectivity index (χ4v) is 2.53. The summed E-state index contributed by atoms with van der Waals surface area (Å²) >= 11 is 0. The highest BCUT2D eigenvalue weighted by Crippen LogP contribution is 2.34. The van der Waals surface area contributed by atoms with Gasteiger partial charge in [-0.2, -0.15) is 0 Å². The first-order valence-electron chi connectivity index (χ1n) is 7.67. The molecule has 124 valence electrons. The predicted molar refractivity (Wildman–Crippen MR) is 82.8 cm³/mol. The molecule has 1 aromatic carbocycles. The van der Waals surface area contributed by atoms with Gasteiger partial charge in [-0.05, 0) is 18.2 Å². The average molecular weight is 328 g/mol. The molecule has 1 N–H and O–H groups in total. The predicted octanol–water partition coefficient (Wildman–Crippen LogP) is 1.29. The van der Waals surface area contributed by atoms with Crippen molar-refractivity contribution in [3.05, 3.63) is 41.9 Å². The van der Waals surface area contributed by atoms with Crippen LogP contribution in [0.2, 0.25) is 0 Å². The molecule has 1 aliphatic heterocycles. The molecule has 8 heteroatoms. The van der Waals surface area contributed by atoms with E-state index in [1.165, 1.54) is 0 Å². The molecular formula is C16H16N4O4. The van der Waals surface area contributed by atoms with Gasteiger partial charge in [-0.15, -0.1) is 5.10 Å². The molecular weight excluding hydrogens is 312 g/mol. The number of nitrogens with zero attached hydrogens (tertiary/aromatic N) is 4. The Labute approximate surface area is 137 Å². The van der Waals surface area contributed by atoms with E-state index >= 15 is 0 Å². The lowest BCUT2D eigenvalue weighted by Gasteiger charge is -2.18. The monoisotopic (exact) mass is 328 g/mol. The minimum atomic E-state index is 0.0525. The zero-order valence-electron chi connectivity index (χ0n) is 12.9. The summed E-state index contributed by atoms with van der Waals surface area (Å²) in [6.07, 6.45) is 2.27. The molecule has 0 aliphatic carbocycles. The van der Waals surface area contributed by atoms with E-state index in [4.69, 9.17) is 19.1 Å². The van der Waals surface area contributed by atoms with E-state index in [9.17, 15) is 0 Å². The topological polar surface area (TPSA) is 95.4 Å². The summed E-state index contributed by atoms with van der Waals surface area (Å²) in [4.78, 5) is 0. The molecule has 0 radical (unpaired) electrons. The van der Waals surface area contributed by atoms with Crippen LogP contribution in [0.1, 0.15) is 11.4 Å². The smallest absolute Gasteiger partial charge is 0.167 e. The minimum absolute atomic E-state index is 0.0525. The van der Waals surface area contributed by atoms with Crippen LogP contribution in [0.25, 0.3) is 11.3 Å². The second kappa shape index (κ2) is 6.32. The fraction of sp³-hybridized carbons (Fsp3) is 0.312. The van der Waals surface area contributed by atoms with Crippen LogP contribution in [0, 0.1) is 0 Å². The molecule has 0 spiro atoms. The van der Waals surface area contributed by atoms with Crippen molar-refractivity contribution < 1.29 is 19.1 Å². The average Bonchev–Trinajstić information content (AvgIpc) is 3.25. The molecule has 0 unspecified atom stereocenters. The summed E-state index contributed by atoms with van der Waals surface area (Å²) < 4.78 is 18.2. The van der Waals surface area contributed by atoms with Gasteiger partial charge in [0.25, 0.3) is 0 Å². The van der Waals surface area contributed by atoms with E-state index < -0.39 is 0 Å². The molecule has 0 bridgehead atoms. The second-order valence-corrected chi connectivity index (χ2v) is 5.42. The highest BCUT2D eigenvalue weighted by Gasteiger charge is 2.15. The van der Waals surface area contributed by atoms with Crippen LogP contribution in [0.4, 0.5) is 0 Å². The van der Waals surface area contributed by atoms with Crippen molar-refractivity contribution in [1.82, 2.24) is 20.2 Å². The van der Waals surface area contributed by atoms with E-state index in [0.29, 0.717) is 37.7 Å². The van der Waals surface area contributed by atoms with Gasteiger partial charge in [-0.25, -0.2) is 4.68 Å². The molecule has 24 heavy (non-hydrogen) atoms. The zero-order valence-corrected chi connectivity index (χ0v) is 12.9. The van der Waals surface area contributed by atoms with Crippen LogP contribution >= 0.6 is 0 Å². The number of aliphatic hydroxyl groups excluding tert-OH is 1. The van der Waals surface area contributed by atoms with Crippen molar-refractivity contribution in [2.45, 2.75) is 13.0 Å². The first kappa shape index (κ1) is 14.7. The maximum absolute atomic E-state index is 8.91. The zero-order chi connectivity index (χ0) is 16.4. The van der Waals surface area contributed by atoms with Gasteiger partial charge in [-0.1, -0.05) is 10.4 Å². The van der Waals surface area contributed by atoms with Gasteiger partial charge in [0, 0.05) is 30.9 Å². The van der Waals surface area contributed by atoms with Crippen LogP contribution < -0.4 is 9.47 Å². The standard InChI is InChI=1S/C16H16N4O4/c21-4-3-12-9-20(19-17-12)10-13-8-15(24-18-13)11-1-2-14-16(7-11)23-6-5-22-14/h1-2,7-9,21H,3-6,10H2. The van der Waals surface area contributed by atoms with Crippen LogP contribution in [0.5, 0.6) is 11.5 Å². The van der Waals surface area contributed by atoms with E-state index in [1.807, 2.05) is 24.3 Å². The second-order valence-electron chi connectivity index (χ2n) is 5.42. The Kier molecular flexibility index (Phi) is 3.87. The molecule has 2 aromatic heterocycles. The Hall–Kier alpha value is -2.87. The molecule has 0 amide bonds. The minimum Gasteiger partial charge on any atom is -0.486 e. The van der Waals surface area contributed by atoms with Gasteiger partial charge in [0.05, 0.1) is 12.2 Å². The van der Waals surface area contributed by atoms with E-state index in [-0.39, 0.29) is 6.61 Å². The van der Waals surface area contributed by atoms with E-state index in [1.54, 1.807) is 10.9 Å². The normalized spacial score (nSPS) is 13.2. The van der Waals surface area contributed by atoms with Crippen molar-refractivity contribution >= 4 is 0 Å². The number of fused-ring (bicyclic) bond motifs is 1. The molecule has 0 fully saturated rings. The number of benzene rings is 1. The third kappa shape index (κ3) is 2.95. The maximum atomic E-state index is 8.91. The first-order valence-corrected chi connectivity index (χ1v) is 7.67. The first-order chi connectivity index (χ1) is 11.8. The van der Waals surface area contributed by atoms with Crippen LogP contribution in [0.3, 0.4) is 0 Å². The highest BCUT2D eigenvalue weighted by molar-refractivity contribution is 5.63. The van der Waals surface area contributed by atoms with Crippen LogP contribution in [0.15, 0.2) is 35.0 Å². The lowest BCUT2D eigenvalue weighted by molar-refractivity contribution is 0.171. The van der Waals surface area contributed by atoms with Gasteiger partial charge in [0.15, 0.2) is 17.3 Å². The maximum Gasteiger partial charge on any atom is 0.167 e. The van der Waals surface area contributed by atoms with E-state index in [0.717, 1.165) is 22.7 Å². The van der Waals surface area contributed by atoms with Crippen molar-refractivity contribution in [2.24, 2.45) is 0 Å². The van der Waals surface area contributed by atoms with Crippen molar-refractivity contribution in [3.8, 4) is 22.8 Å². The van der Waals surface area contributed by atoms with Gasteiger partial charge in [-0.3, -0.25) is 0 Å². The number of ether oxygens (including phenoxy) is 2. The summed E-state index contributed by atoms with van der Waals surface area (Å²) in [6, 6.07) is 7.52. The quantitative estimate of drug-likeness (QED) is 0.754. The number of hydrogen-bond donors (Lipinski definition) is 1. The summed E-state index contributed by atoms with van der Waals surface area (Å²) in [5.41, 5.74) is 2.35. The van der Waals surface area contributed by atoms with Gasteiger partial charge in [0.1, 0.15) is 18.9 Å². The summed E-state index contributed by atoms with van der Waals surface area (Å²) in [5, 5.41) is 21.0. The molecule has 0 atom stereocenters. The Bertz CT molecular complexity index is 842. The SMILES string of the molecule is OCCc1cn(Cc2cc(-c3ccc4c(c3)OCCO4)on2)nn1. The van der Waals surface area contributed by atoms with Gasteiger partial charge in [0.2, 0.25) is 0 Å². The summed E-state index contributed by atoms with van der Waals surface area (Å²) in [7, 11) is 0. The molecule has 3 heterocycles. The molecule has 1 aliphatic rings. The third-order valence-electron chi connectivity index (χ3n) is 3.66. The van der Waals surface area contributed by atoms with Crippen LogP contribution in [-0.2, 0) is 13.0 Å². The molecule has 3 aromatic rings. The number of aromatic nitrogens is 4. The highest BCUT2D eigenvalue weighted by atomic mass is 16.6. The Morgan fingerprint density at radius 1 is 1.08 bits per heavy atom. The lowest BCUT2D eigenvalue weighted by atomic mass is 10.1. The Morgan fingerprint density at radius 2 is 1.96 bits per heavy atom. The Morgan fingerprint density at radius 3 is 2.83 bits per heavy atom.